The zero-order valence-corrected chi connectivity index (χ0v) is 12.6. The van der Waals surface area contributed by atoms with Gasteiger partial charge in [-0.1, -0.05) is 39.5 Å². The van der Waals surface area contributed by atoms with Gasteiger partial charge in [0.2, 0.25) is 0 Å². The highest BCUT2D eigenvalue weighted by Gasteiger charge is 2.25. The molecule has 0 heterocycles. The van der Waals surface area contributed by atoms with Crippen LogP contribution in [-0.2, 0) is 4.74 Å². The molecule has 0 fully saturated rings. The van der Waals surface area contributed by atoms with E-state index in [4.69, 9.17) is 10.00 Å². The number of ether oxygens (including phenoxy) is 1. The highest BCUT2D eigenvalue weighted by atomic mass is 16.5. The summed E-state index contributed by atoms with van der Waals surface area (Å²) in [5.41, 5.74) is -0.462. The molecule has 0 aromatic heterocycles. The van der Waals surface area contributed by atoms with Gasteiger partial charge in [-0.2, -0.15) is 5.26 Å². The van der Waals surface area contributed by atoms with Crippen molar-refractivity contribution in [3.05, 3.63) is 0 Å². The van der Waals surface area contributed by atoms with Crippen LogP contribution in [0.1, 0.15) is 66.2 Å². The van der Waals surface area contributed by atoms with Crippen LogP contribution in [0.2, 0.25) is 0 Å². The third kappa shape index (κ3) is 8.49. The fraction of sp³-hybridized carbons (Fsp3) is 0.933. The molecule has 2 unspecified atom stereocenters. The van der Waals surface area contributed by atoms with E-state index in [1.807, 2.05) is 13.8 Å². The SMILES string of the molecule is CCCCCCCOC(C)CC(C)(C#N)NCC. The molecule has 2 atom stereocenters. The van der Waals surface area contributed by atoms with Crippen LogP contribution in [0.4, 0.5) is 0 Å². The summed E-state index contributed by atoms with van der Waals surface area (Å²) in [6, 6.07) is 2.34. The second kappa shape index (κ2) is 10.3. The van der Waals surface area contributed by atoms with Crippen LogP contribution >= 0.6 is 0 Å². The number of nitriles is 1. The number of nitrogens with zero attached hydrogens (tertiary/aromatic N) is 1. The van der Waals surface area contributed by atoms with Gasteiger partial charge in [-0.25, -0.2) is 0 Å². The lowest BCUT2D eigenvalue weighted by molar-refractivity contribution is 0.0453. The first kappa shape index (κ1) is 17.4. The van der Waals surface area contributed by atoms with E-state index >= 15 is 0 Å². The van der Waals surface area contributed by atoms with Crippen LogP contribution in [0.3, 0.4) is 0 Å². The Morgan fingerprint density at radius 3 is 2.44 bits per heavy atom. The van der Waals surface area contributed by atoms with Crippen LogP contribution in [0, 0.1) is 11.3 Å². The van der Waals surface area contributed by atoms with Crippen LogP contribution in [0.5, 0.6) is 0 Å². The third-order valence-electron chi connectivity index (χ3n) is 3.16. The molecule has 0 aliphatic carbocycles. The Labute approximate surface area is 113 Å². The van der Waals surface area contributed by atoms with Crippen molar-refractivity contribution < 1.29 is 4.74 Å². The summed E-state index contributed by atoms with van der Waals surface area (Å²) >= 11 is 0. The minimum atomic E-state index is -0.462. The Bertz CT molecular complexity index is 237. The van der Waals surface area contributed by atoms with Crippen molar-refractivity contribution >= 4 is 0 Å². The van der Waals surface area contributed by atoms with E-state index in [9.17, 15) is 0 Å². The molecule has 3 nitrogen and oxygen atoms in total. The standard InChI is InChI=1S/C15H30N2O/c1-5-7-8-9-10-11-18-14(3)12-15(4,13-16)17-6-2/h14,17H,5-12H2,1-4H3. The maximum atomic E-state index is 9.17. The van der Waals surface area contributed by atoms with Crippen LogP contribution < -0.4 is 5.32 Å². The van der Waals surface area contributed by atoms with Gasteiger partial charge in [0.05, 0.1) is 12.2 Å². The molecule has 3 heteroatoms. The monoisotopic (exact) mass is 254 g/mol. The lowest BCUT2D eigenvalue weighted by atomic mass is 9.96. The van der Waals surface area contributed by atoms with Gasteiger partial charge in [0.25, 0.3) is 0 Å². The fourth-order valence-electron chi connectivity index (χ4n) is 2.17. The maximum Gasteiger partial charge on any atom is 0.106 e. The van der Waals surface area contributed by atoms with Crippen molar-refractivity contribution in [1.82, 2.24) is 5.32 Å². The Balaban J connectivity index is 3.70. The molecule has 0 aromatic rings. The molecule has 1 N–H and O–H groups in total. The van der Waals surface area contributed by atoms with Gasteiger partial charge < -0.3 is 4.74 Å². The summed E-state index contributed by atoms with van der Waals surface area (Å²) in [4.78, 5) is 0. The fourth-order valence-corrected chi connectivity index (χ4v) is 2.17. The van der Waals surface area contributed by atoms with Gasteiger partial charge in [-0.3, -0.25) is 5.32 Å². The molecule has 0 bridgehead atoms. The largest absolute Gasteiger partial charge is 0.378 e. The molecule has 0 saturated heterocycles. The minimum Gasteiger partial charge on any atom is -0.378 e. The van der Waals surface area contributed by atoms with Crippen LogP contribution in [0.25, 0.3) is 0 Å². The molecule has 106 valence electrons. The zero-order chi connectivity index (χ0) is 13.9. The Kier molecular flexibility index (Phi) is 10.0. The Morgan fingerprint density at radius 1 is 1.22 bits per heavy atom. The zero-order valence-electron chi connectivity index (χ0n) is 12.6. The lowest BCUT2D eigenvalue weighted by Crippen LogP contribution is -2.43. The first-order valence-corrected chi connectivity index (χ1v) is 7.35. The molecular weight excluding hydrogens is 224 g/mol. The number of hydrogen-bond donors (Lipinski definition) is 1. The van der Waals surface area contributed by atoms with E-state index in [0.717, 1.165) is 26.0 Å². The number of unbranched alkanes of at least 4 members (excludes halogenated alkanes) is 4. The smallest absolute Gasteiger partial charge is 0.106 e. The van der Waals surface area contributed by atoms with Crippen molar-refractivity contribution in [1.29, 1.82) is 5.26 Å². The summed E-state index contributed by atoms with van der Waals surface area (Å²) in [5, 5.41) is 12.4. The van der Waals surface area contributed by atoms with Crippen LogP contribution in [0.15, 0.2) is 0 Å². The van der Waals surface area contributed by atoms with Gasteiger partial charge in [-0.05, 0) is 26.8 Å². The van der Waals surface area contributed by atoms with Crippen molar-refractivity contribution in [2.45, 2.75) is 77.9 Å². The number of hydrogen-bond acceptors (Lipinski definition) is 3. The highest BCUT2D eigenvalue weighted by molar-refractivity contribution is 5.04. The van der Waals surface area contributed by atoms with E-state index in [1.54, 1.807) is 0 Å². The molecule has 18 heavy (non-hydrogen) atoms. The van der Waals surface area contributed by atoms with Crippen LogP contribution in [-0.4, -0.2) is 24.8 Å². The van der Waals surface area contributed by atoms with E-state index in [1.165, 1.54) is 25.7 Å². The molecule has 0 rings (SSSR count). The summed E-state index contributed by atoms with van der Waals surface area (Å²) in [6.45, 7) is 9.87. The third-order valence-corrected chi connectivity index (χ3v) is 3.16. The molecule has 0 amide bonds. The average molecular weight is 254 g/mol. The molecule has 0 spiro atoms. The molecule has 0 aliphatic rings. The van der Waals surface area contributed by atoms with Gasteiger partial charge in [-0.15, -0.1) is 0 Å². The molecular formula is C15H30N2O. The van der Waals surface area contributed by atoms with Gasteiger partial charge in [0.1, 0.15) is 5.54 Å². The van der Waals surface area contributed by atoms with E-state index in [0.29, 0.717) is 0 Å². The highest BCUT2D eigenvalue weighted by Crippen LogP contribution is 2.14. The van der Waals surface area contributed by atoms with Gasteiger partial charge in [0, 0.05) is 13.0 Å². The molecule has 0 aromatic carbocycles. The normalized spacial score (nSPS) is 15.9. The first-order valence-electron chi connectivity index (χ1n) is 7.35. The van der Waals surface area contributed by atoms with Crippen molar-refractivity contribution in [3.63, 3.8) is 0 Å². The Morgan fingerprint density at radius 2 is 1.89 bits per heavy atom. The summed E-state index contributed by atoms with van der Waals surface area (Å²) in [7, 11) is 0. The first-order chi connectivity index (χ1) is 8.58. The quantitative estimate of drug-likeness (QED) is 0.572. The molecule has 0 radical (unpaired) electrons. The summed E-state index contributed by atoms with van der Waals surface area (Å²) < 4.78 is 5.77. The van der Waals surface area contributed by atoms with E-state index < -0.39 is 5.54 Å². The molecule has 0 saturated carbocycles. The van der Waals surface area contributed by atoms with Gasteiger partial charge >= 0.3 is 0 Å². The maximum absolute atomic E-state index is 9.17. The van der Waals surface area contributed by atoms with Crippen molar-refractivity contribution in [2.24, 2.45) is 0 Å². The van der Waals surface area contributed by atoms with E-state index in [-0.39, 0.29) is 6.10 Å². The Hall–Kier alpha value is -0.590. The number of rotatable bonds is 11. The van der Waals surface area contributed by atoms with Gasteiger partial charge in [0.15, 0.2) is 0 Å². The predicted octanol–water partition coefficient (Wildman–Crippen LogP) is 3.64. The van der Waals surface area contributed by atoms with E-state index in [2.05, 4.69) is 25.2 Å². The summed E-state index contributed by atoms with van der Waals surface area (Å²) in [6.07, 6.45) is 7.18. The number of nitrogens with one attached hydrogen (secondary N) is 1. The van der Waals surface area contributed by atoms with Crippen molar-refractivity contribution in [3.8, 4) is 6.07 Å². The average Bonchev–Trinajstić information content (AvgIpc) is 2.34. The summed E-state index contributed by atoms with van der Waals surface area (Å²) in [5.74, 6) is 0. The second-order valence-electron chi connectivity index (χ2n) is 5.27. The second-order valence-corrected chi connectivity index (χ2v) is 5.27. The minimum absolute atomic E-state index is 0.139. The van der Waals surface area contributed by atoms with Crippen molar-refractivity contribution in [2.75, 3.05) is 13.2 Å². The predicted molar refractivity (Wildman–Crippen MR) is 76.5 cm³/mol. The lowest BCUT2D eigenvalue weighted by Gasteiger charge is -2.26. The molecule has 0 aliphatic heterocycles. The topological polar surface area (TPSA) is 45.0 Å².